The summed E-state index contributed by atoms with van der Waals surface area (Å²) in [5, 5.41) is 0.294. The van der Waals surface area contributed by atoms with Gasteiger partial charge < -0.3 is 14.1 Å². The fourth-order valence-corrected chi connectivity index (χ4v) is 2.90. The fraction of sp³-hybridized carbons (Fsp3) is 0.500. The summed E-state index contributed by atoms with van der Waals surface area (Å²) in [7, 11) is 1.38. The van der Waals surface area contributed by atoms with Gasteiger partial charge in [0.25, 0.3) is 5.91 Å². The van der Waals surface area contributed by atoms with Crippen LogP contribution in [0.25, 0.3) is 0 Å². The first kappa shape index (κ1) is 13.0. The molecule has 18 heavy (non-hydrogen) atoms. The van der Waals surface area contributed by atoms with Crippen molar-refractivity contribution in [3.63, 3.8) is 0 Å². The minimum atomic E-state index is -0.226. The van der Waals surface area contributed by atoms with Crippen LogP contribution >= 0.6 is 11.8 Å². The monoisotopic (exact) mass is 269 g/mol. The third-order valence-corrected chi connectivity index (χ3v) is 4.09. The molecule has 1 saturated heterocycles. The van der Waals surface area contributed by atoms with Gasteiger partial charge in [0.2, 0.25) is 0 Å². The highest BCUT2D eigenvalue weighted by Crippen LogP contribution is 2.24. The quantitative estimate of drug-likeness (QED) is 0.773. The van der Waals surface area contributed by atoms with Gasteiger partial charge in [0, 0.05) is 18.3 Å². The predicted octanol–water partition coefficient (Wildman–Crippen LogP) is 1.40. The fourth-order valence-electron chi connectivity index (χ4n) is 1.85. The van der Waals surface area contributed by atoms with Crippen LogP contribution in [-0.2, 0) is 9.53 Å². The highest BCUT2D eigenvalue weighted by molar-refractivity contribution is 8.00. The number of rotatable bonds is 4. The lowest BCUT2D eigenvalue weighted by molar-refractivity contribution is -0.137. The first-order valence-corrected chi connectivity index (χ1v) is 6.77. The van der Waals surface area contributed by atoms with Crippen molar-refractivity contribution in [1.82, 2.24) is 4.90 Å². The van der Waals surface area contributed by atoms with Crippen LogP contribution in [0, 0.1) is 0 Å². The average molecular weight is 269 g/mol. The molecule has 1 aliphatic heterocycles. The molecular formula is C12H15NO4S. The topological polar surface area (TPSA) is 59.8 Å². The molecule has 5 nitrogen and oxygen atoms in total. The van der Waals surface area contributed by atoms with Crippen molar-refractivity contribution in [3.8, 4) is 0 Å². The zero-order valence-corrected chi connectivity index (χ0v) is 10.9. The van der Waals surface area contributed by atoms with Crippen LogP contribution in [0.2, 0.25) is 0 Å². The van der Waals surface area contributed by atoms with Crippen molar-refractivity contribution >= 4 is 23.6 Å². The van der Waals surface area contributed by atoms with Crippen LogP contribution in [0.3, 0.4) is 0 Å². The predicted molar refractivity (Wildman–Crippen MR) is 67.5 cm³/mol. The molecule has 0 aliphatic carbocycles. The lowest BCUT2D eigenvalue weighted by Gasteiger charge is -2.14. The first-order chi connectivity index (χ1) is 8.70. The van der Waals surface area contributed by atoms with Gasteiger partial charge in [-0.1, -0.05) is 0 Å². The van der Waals surface area contributed by atoms with E-state index in [2.05, 4.69) is 4.74 Å². The molecule has 1 atom stereocenters. The summed E-state index contributed by atoms with van der Waals surface area (Å²) >= 11 is 1.54. The Morgan fingerprint density at radius 3 is 3.11 bits per heavy atom. The van der Waals surface area contributed by atoms with Gasteiger partial charge >= 0.3 is 5.97 Å². The van der Waals surface area contributed by atoms with E-state index in [1.807, 2.05) is 0 Å². The number of hydrogen-bond donors (Lipinski definition) is 0. The van der Waals surface area contributed by atoms with Crippen molar-refractivity contribution in [2.75, 3.05) is 26.0 Å². The van der Waals surface area contributed by atoms with Crippen LogP contribution in [0.1, 0.15) is 17.0 Å². The normalized spacial score (nSPS) is 18.9. The zero-order chi connectivity index (χ0) is 13.0. The minimum Gasteiger partial charge on any atom is -0.468 e. The molecule has 1 amide bonds. The average Bonchev–Trinajstić information content (AvgIpc) is 3.05. The molecule has 0 saturated carbocycles. The Balaban J connectivity index is 1.81. The van der Waals surface area contributed by atoms with Crippen LogP contribution in [0.5, 0.6) is 0 Å². The summed E-state index contributed by atoms with van der Waals surface area (Å²) in [6, 6.07) is 3.37. The number of esters is 1. The van der Waals surface area contributed by atoms with Gasteiger partial charge in [-0.05, 0) is 18.6 Å². The number of likely N-dealkylation sites (tertiary alicyclic amines) is 1. The Morgan fingerprint density at radius 1 is 1.61 bits per heavy atom. The Hall–Kier alpha value is -1.43. The van der Waals surface area contributed by atoms with Crippen molar-refractivity contribution < 1.29 is 18.7 Å². The zero-order valence-electron chi connectivity index (χ0n) is 10.1. The second-order valence-corrected chi connectivity index (χ2v) is 5.31. The number of ether oxygens (including phenoxy) is 1. The van der Waals surface area contributed by atoms with E-state index in [1.54, 1.807) is 17.0 Å². The third-order valence-electron chi connectivity index (χ3n) is 2.83. The Morgan fingerprint density at radius 2 is 2.44 bits per heavy atom. The van der Waals surface area contributed by atoms with Crippen LogP contribution in [0.15, 0.2) is 22.8 Å². The van der Waals surface area contributed by atoms with E-state index in [-0.39, 0.29) is 11.9 Å². The van der Waals surface area contributed by atoms with Gasteiger partial charge in [-0.2, -0.15) is 0 Å². The molecule has 2 rings (SSSR count). The maximum Gasteiger partial charge on any atom is 0.315 e. The number of hydrogen-bond acceptors (Lipinski definition) is 5. The molecule has 98 valence electrons. The summed E-state index contributed by atoms with van der Waals surface area (Å²) in [6.45, 7) is 1.36. The smallest absolute Gasteiger partial charge is 0.315 e. The van der Waals surface area contributed by atoms with E-state index in [0.29, 0.717) is 29.9 Å². The first-order valence-electron chi connectivity index (χ1n) is 5.72. The van der Waals surface area contributed by atoms with E-state index in [9.17, 15) is 9.59 Å². The molecule has 6 heteroatoms. The molecule has 0 bridgehead atoms. The molecule has 1 aromatic heterocycles. The highest BCUT2D eigenvalue weighted by Gasteiger charge is 2.28. The van der Waals surface area contributed by atoms with Gasteiger partial charge in [0.05, 0.1) is 19.1 Å². The van der Waals surface area contributed by atoms with Gasteiger partial charge in [-0.15, -0.1) is 11.8 Å². The summed E-state index contributed by atoms with van der Waals surface area (Å²) < 4.78 is 9.67. The molecule has 0 aromatic carbocycles. The molecule has 1 fully saturated rings. The van der Waals surface area contributed by atoms with Gasteiger partial charge in [0.15, 0.2) is 5.76 Å². The standard InChI is InChI=1S/C12H15NO4S/c1-16-11(14)8-18-9-4-5-13(7-9)12(15)10-3-2-6-17-10/h2-3,6,9H,4-5,7-8H2,1H3/t9-/m1/s1. The van der Waals surface area contributed by atoms with Gasteiger partial charge in [-0.3, -0.25) is 9.59 Å². The molecule has 1 aliphatic rings. The van der Waals surface area contributed by atoms with Gasteiger partial charge in [-0.25, -0.2) is 0 Å². The number of carbonyl (C=O) groups excluding carboxylic acids is 2. The van der Waals surface area contributed by atoms with Crippen molar-refractivity contribution in [1.29, 1.82) is 0 Å². The molecule has 1 aromatic rings. The summed E-state index contributed by atoms with van der Waals surface area (Å²) in [5.74, 6) is 0.398. The second-order valence-electron chi connectivity index (χ2n) is 4.03. The Labute approximate surface area is 109 Å². The largest absolute Gasteiger partial charge is 0.468 e. The molecule has 0 unspecified atom stereocenters. The maximum atomic E-state index is 12.0. The lowest BCUT2D eigenvalue weighted by atomic mass is 10.4. The Kier molecular flexibility index (Phi) is 4.30. The van der Waals surface area contributed by atoms with E-state index >= 15 is 0 Å². The van der Waals surface area contributed by atoms with Crippen LogP contribution < -0.4 is 0 Å². The van der Waals surface area contributed by atoms with E-state index in [1.165, 1.54) is 25.1 Å². The van der Waals surface area contributed by atoms with Crippen LogP contribution in [0.4, 0.5) is 0 Å². The summed E-state index contributed by atoms with van der Waals surface area (Å²) in [6.07, 6.45) is 2.39. The number of furan rings is 1. The molecular weight excluding hydrogens is 254 g/mol. The van der Waals surface area contributed by atoms with E-state index < -0.39 is 0 Å². The third kappa shape index (κ3) is 3.07. The van der Waals surface area contributed by atoms with Crippen molar-refractivity contribution in [3.05, 3.63) is 24.2 Å². The number of methoxy groups -OCH3 is 1. The number of nitrogens with zero attached hydrogens (tertiary/aromatic N) is 1. The molecule has 0 N–H and O–H groups in total. The van der Waals surface area contributed by atoms with E-state index in [4.69, 9.17) is 4.42 Å². The maximum absolute atomic E-state index is 12.0. The van der Waals surface area contributed by atoms with Crippen molar-refractivity contribution in [2.24, 2.45) is 0 Å². The number of amides is 1. The lowest BCUT2D eigenvalue weighted by Crippen LogP contribution is -2.28. The molecule has 2 heterocycles. The van der Waals surface area contributed by atoms with Crippen LogP contribution in [-0.4, -0.2) is 48.0 Å². The number of carbonyl (C=O) groups is 2. The summed E-state index contributed by atoms with van der Waals surface area (Å²) in [4.78, 5) is 24.8. The van der Waals surface area contributed by atoms with Crippen molar-refractivity contribution in [2.45, 2.75) is 11.7 Å². The van der Waals surface area contributed by atoms with Gasteiger partial charge in [0.1, 0.15) is 0 Å². The minimum absolute atomic E-state index is 0.0823. The SMILES string of the molecule is COC(=O)CS[C@@H]1CCN(C(=O)c2ccco2)C1. The summed E-state index contributed by atoms with van der Waals surface area (Å²) in [5.41, 5.74) is 0. The highest BCUT2D eigenvalue weighted by atomic mass is 32.2. The van der Waals surface area contributed by atoms with E-state index in [0.717, 1.165) is 6.42 Å². The Bertz CT molecular complexity index is 418. The number of thioether (sulfide) groups is 1. The second kappa shape index (κ2) is 5.95. The molecule has 0 radical (unpaired) electrons. The molecule has 0 spiro atoms.